The third kappa shape index (κ3) is 6.33. The maximum Gasteiger partial charge on any atom is 0.308 e. The molecular weight excluding hydrogens is 463 g/mol. The molecule has 1 saturated heterocycles. The fraction of sp³-hybridized carbons (Fsp3) is 0.429. The maximum absolute atomic E-state index is 15.4. The molecule has 3 atom stereocenters. The number of thioether (sulfide) groups is 1. The van der Waals surface area contributed by atoms with Gasteiger partial charge in [0.1, 0.15) is 11.9 Å². The first-order chi connectivity index (χ1) is 17.0. The van der Waals surface area contributed by atoms with E-state index in [2.05, 4.69) is 28.9 Å². The van der Waals surface area contributed by atoms with Gasteiger partial charge in [0.15, 0.2) is 0 Å². The molecule has 0 saturated carbocycles. The lowest BCUT2D eigenvalue weighted by molar-refractivity contribution is -0.146. The molecule has 1 fully saturated rings. The number of hydrogen-bond acceptors (Lipinski definition) is 5. The van der Waals surface area contributed by atoms with Gasteiger partial charge >= 0.3 is 5.97 Å². The minimum absolute atomic E-state index is 0.0198. The number of carbonyl (C=O) groups is 1. The van der Waals surface area contributed by atoms with Crippen LogP contribution in [0.1, 0.15) is 36.6 Å². The number of rotatable bonds is 10. The minimum atomic E-state index is -1.18. The average molecular weight is 497 g/mol. The molecule has 0 aliphatic carbocycles. The van der Waals surface area contributed by atoms with Gasteiger partial charge in [0.2, 0.25) is 0 Å². The average Bonchev–Trinajstić information content (AvgIpc) is 2.88. The smallest absolute Gasteiger partial charge is 0.308 e. The van der Waals surface area contributed by atoms with E-state index in [0.717, 1.165) is 36.2 Å². The fourth-order valence-corrected chi connectivity index (χ4v) is 6.00. The molecule has 4 rings (SSSR count). The molecule has 7 heteroatoms. The van der Waals surface area contributed by atoms with Crippen LogP contribution in [0, 0.1) is 18.8 Å². The quantitative estimate of drug-likeness (QED) is 0.339. The number of benzene rings is 2. The normalized spacial score (nSPS) is 19.5. The summed E-state index contributed by atoms with van der Waals surface area (Å²) in [6, 6.07) is 15.5. The van der Waals surface area contributed by atoms with Gasteiger partial charge < -0.3 is 14.7 Å². The lowest BCUT2D eigenvalue weighted by Gasteiger charge is -2.36. The van der Waals surface area contributed by atoms with Crippen LogP contribution in [0.2, 0.25) is 0 Å². The van der Waals surface area contributed by atoms with Crippen LogP contribution >= 0.6 is 11.8 Å². The van der Waals surface area contributed by atoms with E-state index in [1.807, 2.05) is 42.1 Å². The number of hydrogen-bond donors (Lipinski definition) is 1. The third-order valence-corrected chi connectivity index (χ3v) is 8.18. The van der Waals surface area contributed by atoms with Gasteiger partial charge in [-0.2, -0.15) is 0 Å². The Kier molecular flexibility index (Phi) is 8.63. The number of pyridine rings is 1. The van der Waals surface area contributed by atoms with Crippen molar-refractivity contribution in [1.82, 2.24) is 9.88 Å². The van der Waals surface area contributed by atoms with Crippen LogP contribution in [-0.4, -0.2) is 53.5 Å². The molecule has 1 N–H and O–H groups in total. The second-order valence-corrected chi connectivity index (χ2v) is 10.4. The summed E-state index contributed by atoms with van der Waals surface area (Å²) in [7, 11) is 1.59. The van der Waals surface area contributed by atoms with Gasteiger partial charge in [-0.25, -0.2) is 4.39 Å². The standard InChI is InChI=1S/C28H33FN2O3S/c1-19-5-3-4-6-27(19)35-16-15-31-14-12-20(24(18-31)28(32)33)7-9-25(29)22-11-13-30-26-10-8-21(34-2)17-23(22)26/h3-6,8,10-11,13,17,20,24-25H,7,9,12,14-16,18H2,1-2H3,(H,32,33)/t20-,24+,25-/m1/s1. The van der Waals surface area contributed by atoms with Gasteiger partial charge in [-0.3, -0.25) is 9.78 Å². The number of carboxylic acids is 1. The number of halogens is 1. The van der Waals surface area contributed by atoms with Crippen molar-refractivity contribution < 1.29 is 19.0 Å². The Bertz CT molecular complexity index is 1160. The monoisotopic (exact) mass is 496 g/mol. The van der Waals surface area contributed by atoms with Crippen molar-refractivity contribution in [2.75, 3.05) is 32.5 Å². The molecule has 1 aliphatic rings. The Hall–Kier alpha value is -2.64. The van der Waals surface area contributed by atoms with Gasteiger partial charge in [0.25, 0.3) is 0 Å². The van der Waals surface area contributed by atoms with Gasteiger partial charge in [-0.05, 0) is 80.1 Å². The lowest BCUT2D eigenvalue weighted by Crippen LogP contribution is -2.44. The Morgan fingerprint density at radius 3 is 2.89 bits per heavy atom. The molecule has 2 heterocycles. The minimum Gasteiger partial charge on any atom is -0.497 e. The molecule has 0 amide bonds. The van der Waals surface area contributed by atoms with E-state index in [9.17, 15) is 9.90 Å². The van der Waals surface area contributed by atoms with Crippen molar-refractivity contribution in [3.8, 4) is 5.75 Å². The highest BCUT2D eigenvalue weighted by Crippen LogP contribution is 2.35. The van der Waals surface area contributed by atoms with Crippen molar-refractivity contribution in [2.24, 2.45) is 11.8 Å². The van der Waals surface area contributed by atoms with E-state index in [0.29, 0.717) is 30.7 Å². The first-order valence-electron chi connectivity index (χ1n) is 12.2. The molecule has 186 valence electrons. The number of ether oxygens (including phenoxy) is 1. The van der Waals surface area contributed by atoms with Crippen LogP contribution in [0.3, 0.4) is 0 Å². The van der Waals surface area contributed by atoms with Crippen molar-refractivity contribution in [3.63, 3.8) is 0 Å². The number of methoxy groups -OCH3 is 1. The SMILES string of the molecule is COc1ccc2nccc([C@H](F)CC[C@@H]3CCN(CCSc4ccccc4C)C[C@@H]3C(=O)O)c2c1. The van der Waals surface area contributed by atoms with Crippen molar-refractivity contribution in [3.05, 3.63) is 65.9 Å². The molecule has 0 unspecified atom stereocenters. The summed E-state index contributed by atoms with van der Waals surface area (Å²) in [5, 5.41) is 10.6. The van der Waals surface area contributed by atoms with Crippen LogP contribution in [-0.2, 0) is 4.79 Å². The Morgan fingerprint density at radius 2 is 2.11 bits per heavy atom. The zero-order valence-corrected chi connectivity index (χ0v) is 21.1. The van der Waals surface area contributed by atoms with E-state index in [4.69, 9.17) is 4.74 Å². The highest BCUT2D eigenvalue weighted by molar-refractivity contribution is 7.99. The number of nitrogens with zero attached hydrogens (tertiary/aromatic N) is 2. The second-order valence-electron chi connectivity index (χ2n) is 9.24. The number of piperidine rings is 1. The van der Waals surface area contributed by atoms with E-state index in [1.165, 1.54) is 10.5 Å². The summed E-state index contributed by atoms with van der Waals surface area (Å²) in [5.41, 5.74) is 2.58. The molecule has 35 heavy (non-hydrogen) atoms. The fourth-order valence-electron chi connectivity index (χ4n) is 4.96. The molecular formula is C28H33FN2O3S. The molecule has 5 nitrogen and oxygen atoms in total. The van der Waals surface area contributed by atoms with Crippen LogP contribution in [0.4, 0.5) is 4.39 Å². The van der Waals surface area contributed by atoms with Crippen LogP contribution < -0.4 is 4.74 Å². The van der Waals surface area contributed by atoms with Crippen molar-refractivity contribution >= 4 is 28.6 Å². The molecule has 2 aromatic carbocycles. The number of likely N-dealkylation sites (tertiary alicyclic amines) is 1. The summed E-state index contributed by atoms with van der Waals surface area (Å²) in [5.74, 6) is 0.327. The van der Waals surface area contributed by atoms with Gasteiger partial charge in [0.05, 0.1) is 18.5 Å². The van der Waals surface area contributed by atoms with E-state index in [1.54, 1.807) is 19.4 Å². The molecule has 0 spiro atoms. The molecule has 1 aromatic heterocycles. The van der Waals surface area contributed by atoms with Crippen molar-refractivity contribution in [1.29, 1.82) is 0 Å². The number of aliphatic carboxylic acids is 1. The predicted octanol–water partition coefficient (Wildman–Crippen LogP) is 6.16. The largest absolute Gasteiger partial charge is 0.497 e. The summed E-state index contributed by atoms with van der Waals surface area (Å²) in [6.07, 6.45) is 2.09. The van der Waals surface area contributed by atoms with Crippen LogP contribution in [0.15, 0.2) is 59.6 Å². The van der Waals surface area contributed by atoms with Crippen molar-refractivity contribution in [2.45, 2.75) is 37.3 Å². The molecule has 0 bridgehead atoms. The third-order valence-electron chi connectivity index (χ3n) is 7.03. The number of fused-ring (bicyclic) bond motifs is 1. The summed E-state index contributed by atoms with van der Waals surface area (Å²) in [6.45, 7) is 4.35. The Balaban J connectivity index is 1.34. The highest BCUT2D eigenvalue weighted by atomic mass is 32.2. The Morgan fingerprint density at radius 1 is 1.29 bits per heavy atom. The van der Waals surface area contributed by atoms with E-state index in [-0.39, 0.29) is 5.92 Å². The summed E-state index contributed by atoms with van der Waals surface area (Å²) >= 11 is 1.81. The van der Waals surface area contributed by atoms with E-state index >= 15 is 4.39 Å². The van der Waals surface area contributed by atoms with Gasteiger partial charge in [-0.15, -0.1) is 11.8 Å². The zero-order chi connectivity index (χ0) is 24.8. The Labute approximate surface area is 210 Å². The predicted molar refractivity (Wildman–Crippen MR) is 139 cm³/mol. The van der Waals surface area contributed by atoms with Gasteiger partial charge in [0, 0.05) is 35.3 Å². The maximum atomic E-state index is 15.4. The first kappa shape index (κ1) is 25.5. The van der Waals surface area contributed by atoms with E-state index < -0.39 is 18.1 Å². The second kappa shape index (κ2) is 11.9. The molecule has 1 aliphatic heterocycles. The first-order valence-corrected chi connectivity index (χ1v) is 13.1. The lowest BCUT2D eigenvalue weighted by atomic mass is 9.81. The summed E-state index contributed by atoms with van der Waals surface area (Å²) in [4.78, 5) is 19.9. The number of aromatic nitrogens is 1. The molecule has 3 aromatic rings. The van der Waals surface area contributed by atoms with Crippen LogP contribution in [0.25, 0.3) is 10.9 Å². The zero-order valence-electron chi connectivity index (χ0n) is 20.3. The molecule has 0 radical (unpaired) electrons. The highest BCUT2D eigenvalue weighted by Gasteiger charge is 2.34. The number of alkyl halides is 1. The topological polar surface area (TPSA) is 62.7 Å². The number of carboxylic acid groups (broad SMARTS) is 1. The number of aryl methyl sites for hydroxylation is 1. The van der Waals surface area contributed by atoms with Crippen LogP contribution in [0.5, 0.6) is 5.75 Å². The van der Waals surface area contributed by atoms with Gasteiger partial charge in [-0.1, -0.05) is 18.2 Å². The summed E-state index contributed by atoms with van der Waals surface area (Å²) < 4.78 is 20.7.